The van der Waals surface area contributed by atoms with Gasteiger partial charge < -0.3 is 10.1 Å². The summed E-state index contributed by atoms with van der Waals surface area (Å²) in [7, 11) is 1.67. The zero-order valence-corrected chi connectivity index (χ0v) is 19.4. The van der Waals surface area contributed by atoms with E-state index in [-0.39, 0.29) is 11.9 Å². The van der Waals surface area contributed by atoms with Crippen LogP contribution in [-0.2, 0) is 6.54 Å². The van der Waals surface area contributed by atoms with Gasteiger partial charge in [-0.1, -0.05) is 41.6 Å². The Hall–Kier alpha value is -3.71. The number of amides is 1. The number of methoxy groups -OCH3 is 1. The number of hydrogen-bond acceptors (Lipinski definition) is 5. The van der Waals surface area contributed by atoms with Crippen molar-refractivity contribution in [1.29, 1.82) is 0 Å². The number of nitrogens with zero attached hydrogens (tertiary/aromatic N) is 4. The third-order valence-corrected chi connectivity index (χ3v) is 6.51. The van der Waals surface area contributed by atoms with Crippen LogP contribution in [0.3, 0.4) is 0 Å². The van der Waals surface area contributed by atoms with Gasteiger partial charge in [0.2, 0.25) is 0 Å². The maximum absolute atomic E-state index is 12.9. The molecule has 0 unspecified atom stereocenters. The fourth-order valence-electron chi connectivity index (χ4n) is 4.60. The molecule has 1 atom stereocenters. The Kier molecular flexibility index (Phi) is 6.53. The highest BCUT2D eigenvalue weighted by Gasteiger charge is 2.24. The molecule has 4 aromatic rings. The lowest BCUT2D eigenvalue weighted by atomic mass is 10.0. The van der Waals surface area contributed by atoms with Crippen molar-refractivity contribution in [3.63, 3.8) is 0 Å². The van der Waals surface area contributed by atoms with Gasteiger partial charge in [0.15, 0.2) is 0 Å². The summed E-state index contributed by atoms with van der Waals surface area (Å²) in [4.78, 5) is 15.4. The number of aromatic nitrogens is 3. The van der Waals surface area contributed by atoms with Crippen molar-refractivity contribution in [2.45, 2.75) is 25.4 Å². The van der Waals surface area contributed by atoms with Gasteiger partial charge >= 0.3 is 0 Å². The molecule has 3 aromatic carbocycles. The summed E-state index contributed by atoms with van der Waals surface area (Å²) in [5.74, 6) is 0.780. The Balaban J connectivity index is 1.24. The Morgan fingerprint density at radius 2 is 1.74 bits per heavy atom. The van der Waals surface area contributed by atoms with Crippen LogP contribution in [0.15, 0.2) is 72.8 Å². The number of carbonyl (C=O) groups excluding carboxylic acids is 1. The fourth-order valence-corrected chi connectivity index (χ4v) is 4.60. The van der Waals surface area contributed by atoms with E-state index in [1.807, 2.05) is 65.3 Å². The van der Waals surface area contributed by atoms with E-state index in [0.29, 0.717) is 18.7 Å². The molecule has 174 valence electrons. The number of carbonyl (C=O) groups is 1. The molecule has 0 saturated carbocycles. The van der Waals surface area contributed by atoms with Crippen LogP contribution in [-0.4, -0.2) is 52.5 Å². The van der Waals surface area contributed by atoms with Crippen LogP contribution in [0.1, 0.15) is 40.4 Å². The van der Waals surface area contributed by atoms with E-state index in [1.54, 1.807) is 7.11 Å². The van der Waals surface area contributed by atoms with Gasteiger partial charge in [-0.2, -0.15) is 0 Å². The maximum Gasteiger partial charge on any atom is 0.251 e. The van der Waals surface area contributed by atoms with Gasteiger partial charge in [-0.05, 0) is 73.5 Å². The van der Waals surface area contributed by atoms with E-state index in [0.717, 1.165) is 35.4 Å². The molecule has 1 saturated heterocycles. The Bertz CT molecular complexity index is 1240. The Morgan fingerprint density at radius 1 is 1.00 bits per heavy atom. The first kappa shape index (κ1) is 22.1. The predicted molar refractivity (Wildman–Crippen MR) is 132 cm³/mol. The molecule has 2 heterocycles. The van der Waals surface area contributed by atoms with Gasteiger partial charge in [-0.15, -0.1) is 5.10 Å². The smallest absolute Gasteiger partial charge is 0.251 e. The third-order valence-electron chi connectivity index (χ3n) is 6.51. The first-order chi connectivity index (χ1) is 16.7. The van der Waals surface area contributed by atoms with E-state index >= 15 is 0 Å². The monoisotopic (exact) mass is 455 g/mol. The largest absolute Gasteiger partial charge is 0.497 e. The van der Waals surface area contributed by atoms with Gasteiger partial charge in [0, 0.05) is 12.1 Å². The normalized spacial score (nSPS) is 14.9. The zero-order chi connectivity index (χ0) is 23.3. The summed E-state index contributed by atoms with van der Waals surface area (Å²) in [6, 6.07) is 23.9. The lowest BCUT2D eigenvalue weighted by Crippen LogP contribution is -2.36. The lowest BCUT2D eigenvalue weighted by molar-refractivity contribution is 0.0938. The third kappa shape index (κ3) is 4.79. The SMILES string of the molecule is COc1ccc([C@H](CNC(=O)c2ccc(Cn3nnc4ccccc43)cc2)N2CCCC2)cc1. The van der Waals surface area contributed by atoms with E-state index < -0.39 is 0 Å². The number of benzene rings is 3. The number of nitrogens with one attached hydrogen (secondary N) is 1. The second-order valence-corrected chi connectivity index (χ2v) is 8.67. The van der Waals surface area contributed by atoms with Gasteiger partial charge in [0.1, 0.15) is 11.3 Å². The van der Waals surface area contributed by atoms with Crippen LogP contribution < -0.4 is 10.1 Å². The van der Waals surface area contributed by atoms with Crippen molar-refractivity contribution in [2.75, 3.05) is 26.7 Å². The summed E-state index contributed by atoms with van der Waals surface area (Å²) < 4.78 is 7.18. The molecule has 1 aromatic heterocycles. The first-order valence-corrected chi connectivity index (χ1v) is 11.7. The number of ether oxygens (including phenoxy) is 1. The van der Waals surface area contributed by atoms with Gasteiger partial charge in [0.05, 0.1) is 25.2 Å². The van der Waals surface area contributed by atoms with Gasteiger partial charge in [-0.25, -0.2) is 4.68 Å². The van der Waals surface area contributed by atoms with Crippen LogP contribution >= 0.6 is 0 Å². The number of para-hydroxylation sites is 1. The van der Waals surface area contributed by atoms with Crippen molar-refractivity contribution in [1.82, 2.24) is 25.2 Å². The van der Waals surface area contributed by atoms with E-state index in [2.05, 4.69) is 32.7 Å². The molecule has 1 aliphatic heterocycles. The molecule has 0 spiro atoms. The highest BCUT2D eigenvalue weighted by molar-refractivity contribution is 5.94. The molecular weight excluding hydrogens is 426 g/mol. The number of hydrogen-bond donors (Lipinski definition) is 1. The predicted octanol–water partition coefficient (Wildman–Crippen LogP) is 4.06. The molecular formula is C27H29N5O2. The summed E-state index contributed by atoms with van der Waals surface area (Å²) in [5.41, 5.74) is 4.79. The molecule has 7 nitrogen and oxygen atoms in total. The average Bonchev–Trinajstić information content (AvgIpc) is 3.56. The first-order valence-electron chi connectivity index (χ1n) is 11.7. The average molecular weight is 456 g/mol. The second kappa shape index (κ2) is 10.1. The van der Waals surface area contributed by atoms with E-state index in [1.165, 1.54) is 18.4 Å². The molecule has 0 radical (unpaired) electrons. The quantitative estimate of drug-likeness (QED) is 0.434. The Labute approximate surface area is 199 Å². The van der Waals surface area contributed by atoms with Crippen LogP contribution in [0, 0.1) is 0 Å². The minimum absolute atomic E-state index is 0.0598. The molecule has 1 N–H and O–H groups in total. The number of fused-ring (bicyclic) bond motifs is 1. The number of rotatable bonds is 8. The van der Waals surface area contributed by atoms with Crippen LogP contribution in [0.5, 0.6) is 5.75 Å². The topological polar surface area (TPSA) is 72.3 Å². The van der Waals surface area contributed by atoms with Crippen LogP contribution in [0.2, 0.25) is 0 Å². The molecule has 34 heavy (non-hydrogen) atoms. The molecule has 5 rings (SSSR count). The molecule has 0 aliphatic carbocycles. The van der Waals surface area contributed by atoms with E-state index in [4.69, 9.17) is 4.74 Å². The number of likely N-dealkylation sites (tertiary alicyclic amines) is 1. The highest BCUT2D eigenvalue weighted by Crippen LogP contribution is 2.26. The van der Waals surface area contributed by atoms with Crippen LogP contribution in [0.25, 0.3) is 11.0 Å². The molecule has 1 fully saturated rings. The summed E-state index contributed by atoms with van der Waals surface area (Å²) in [6.45, 7) is 3.28. The minimum atomic E-state index is -0.0598. The minimum Gasteiger partial charge on any atom is -0.497 e. The Morgan fingerprint density at radius 3 is 2.47 bits per heavy atom. The van der Waals surface area contributed by atoms with Crippen molar-refractivity contribution in [3.8, 4) is 5.75 Å². The standard InChI is InChI=1S/C27H29N5O2/c1-34-23-14-12-21(13-15-23)26(31-16-4-5-17-31)18-28-27(33)22-10-8-20(9-11-22)19-32-25-7-3-2-6-24(25)29-30-32/h2-3,6-15,26H,4-5,16-19H2,1H3,(H,28,33)/t26-/m0/s1. The second-order valence-electron chi connectivity index (χ2n) is 8.67. The van der Waals surface area contributed by atoms with Crippen molar-refractivity contribution < 1.29 is 9.53 Å². The highest BCUT2D eigenvalue weighted by atomic mass is 16.5. The maximum atomic E-state index is 12.9. The van der Waals surface area contributed by atoms with Gasteiger partial charge in [-0.3, -0.25) is 9.69 Å². The van der Waals surface area contributed by atoms with Crippen LogP contribution in [0.4, 0.5) is 0 Å². The molecule has 1 aliphatic rings. The van der Waals surface area contributed by atoms with Gasteiger partial charge in [0.25, 0.3) is 5.91 Å². The fraction of sp³-hybridized carbons (Fsp3) is 0.296. The summed E-state index contributed by atoms with van der Waals surface area (Å²) in [6.07, 6.45) is 2.40. The van der Waals surface area contributed by atoms with Crippen molar-refractivity contribution in [2.24, 2.45) is 0 Å². The summed E-state index contributed by atoms with van der Waals surface area (Å²) in [5, 5.41) is 11.6. The lowest BCUT2D eigenvalue weighted by Gasteiger charge is -2.28. The molecule has 1 amide bonds. The zero-order valence-electron chi connectivity index (χ0n) is 19.4. The van der Waals surface area contributed by atoms with E-state index in [9.17, 15) is 4.79 Å². The molecule has 7 heteroatoms. The van der Waals surface area contributed by atoms with Crippen molar-refractivity contribution in [3.05, 3.63) is 89.5 Å². The summed E-state index contributed by atoms with van der Waals surface area (Å²) >= 11 is 0. The van der Waals surface area contributed by atoms with Crippen molar-refractivity contribution >= 4 is 16.9 Å². The molecule has 0 bridgehead atoms.